The van der Waals surface area contributed by atoms with Crippen LogP contribution in [-0.4, -0.2) is 37.4 Å². The van der Waals surface area contributed by atoms with Crippen molar-refractivity contribution < 1.29 is 14.3 Å². The molecular formula is C24H28N4O3. The van der Waals surface area contributed by atoms with Crippen LogP contribution in [0.25, 0.3) is 0 Å². The third-order valence-electron chi connectivity index (χ3n) is 4.57. The fourth-order valence-corrected chi connectivity index (χ4v) is 3.04. The van der Waals surface area contributed by atoms with Crippen LogP contribution in [0.4, 0.5) is 11.4 Å². The molecule has 4 N–H and O–H groups in total. The molecule has 7 heteroatoms. The molecule has 0 aromatic heterocycles. The zero-order chi connectivity index (χ0) is 23.0. The van der Waals surface area contributed by atoms with Gasteiger partial charge in [0.15, 0.2) is 0 Å². The number of ether oxygens (including phenoxy) is 1. The van der Waals surface area contributed by atoms with Crippen LogP contribution < -0.4 is 16.0 Å². The first kappa shape index (κ1) is 23.5. The minimum atomic E-state index is -0.556. The maximum atomic E-state index is 12.6. The molecule has 0 bridgehead atoms. The SMILES string of the molecule is COC(=O)CC(=O)N(c1ccc(C#CCNc2ccc(C(=N)N)cc2)cc1C)C(C)C. The summed E-state index contributed by atoms with van der Waals surface area (Å²) in [5.41, 5.74) is 9.49. The molecule has 162 valence electrons. The third-order valence-corrected chi connectivity index (χ3v) is 4.57. The van der Waals surface area contributed by atoms with Crippen molar-refractivity contribution in [2.75, 3.05) is 23.9 Å². The largest absolute Gasteiger partial charge is 0.469 e. The predicted octanol–water partition coefficient (Wildman–Crippen LogP) is 3.05. The summed E-state index contributed by atoms with van der Waals surface area (Å²) in [4.78, 5) is 25.7. The second-order valence-electron chi connectivity index (χ2n) is 7.26. The summed E-state index contributed by atoms with van der Waals surface area (Å²) in [5.74, 6) is 5.36. The van der Waals surface area contributed by atoms with Crippen molar-refractivity contribution in [3.05, 3.63) is 59.2 Å². The van der Waals surface area contributed by atoms with Crippen molar-refractivity contribution in [1.82, 2.24) is 0 Å². The van der Waals surface area contributed by atoms with Gasteiger partial charge in [0.2, 0.25) is 5.91 Å². The van der Waals surface area contributed by atoms with Gasteiger partial charge >= 0.3 is 5.97 Å². The van der Waals surface area contributed by atoms with E-state index in [1.807, 2.05) is 51.1 Å². The van der Waals surface area contributed by atoms with Crippen LogP contribution in [0.2, 0.25) is 0 Å². The van der Waals surface area contributed by atoms with E-state index in [1.165, 1.54) is 7.11 Å². The highest BCUT2D eigenvalue weighted by Gasteiger charge is 2.23. The maximum absolute atomic E-state index is 12.6. The van der Waals surface area contributed by atoms with E-state index in [4.69, 9.17) is 11.1 Å². The molecule has 0 saturated carbocycles. The van der Waals surface area contributed by atoms with Crippen LogP contribution in [0.3, 0.4) is 0 Å². The number of nitrogens with one attached hydrogen (secondary N) is 2. The first-order chi connectivity index (χ1) is 14.7. The Balaban J connectivity index is 2.07. The summed E-state index contributed by atoms with van der Waals surface area (Å²) in [6.45, 7) is 6.17. The summed E-state index contributed by atoms with van der Waals surface area (Å²) in [5, 5.41) is 10.6. The molecule has 0 spiro atoms. The lowest BCUT2D eigenvalue weighted by Gasteiger charge is -2.28. The van der Waals surface area contributed by atoms with Gasteiger partial charge in [-0.25, -0.2) is 0 Å². The van der Waals surface area contributed by atoms with Gasteiger partial charge in [0.05, 0.1) is 13.7 Å². The second-order valence-corrected chi connectivity index (χ2v) is 7.26. The molecule has 0 aliphatic carbocycles. The number of methoxy groups -OCH3 is 1. The molecule has 2 rings (SSSR count). The highest BCUT2D eigenvalue weighted by molar-refractivity contribution is 6.04. The number of nitrogens with two attached hydrogens (primary N) is 1. The first-order valence-corrected chi connectivity index (χ1v) is 9.89. The Hall–Kier alpha value is -3.79. The molecule has 1 amide bonds. The number of nitrogen functional groups attached to an aromatic ring is 1. The van der Waals surface area contributed by atoms with Gasteiger partial charge in [0.25, 0.3) is 0 Å². The van der Waals surface area contributed by atoms with Crippen molar-refractivity contribution in [2.45, 2.75) is 33.2 Å². The number of amidine groups is 1. The Bertz CT molecular complexity index is 1020. The lowest BCUT2D eigenvalue weighted by molar-refractivity contribution is -0.143. The van der Waals surface area contributed by atoms with Crippen LogP contribution in [0, 0.1) is 24.2 Å². The number of esters is 1. The van der Waals surface area contributed by atoms with E-state index in [0.717, 1.165) is 22.5 Å². The van der Waals surface area contributed by atoms with Gasteiger partial charge in [-0.2, -0.15) is 0 Å². The lowest BCUT2D eigenvalue weighted by Crippen LogP contribution is -2.38. The standard InChI is InChI=1S/C24H28N4O3/c1-16(2)28(22(29)15-23(30)31-4)21-12-7-18(14-17(21)3)6-5-13-27-20-10-8-19(9-11-20)24(25)26/h7-12,14,16,27H,13,15H2,1-4H3,(H3,25,26). The van der Waals surface area contributed by atoms with Gasteiger partial charge in [-0.1, -0.05) is 11.8 Å². The number of hydrogen-bond acceptors (Lipinski definition) is 5. The average Bonchev–Trinajstić information content (AvgIpc) is 2.72. The number of amides is 1. The molecular weight excluding hydrogens is 392 g/mol. The lowest BCUT2D eigenvalue weighted by atomic mass is 10.1. The molecule has 0 aliphatic rings. The number of benzene rings is 2. The van der Waals surface area contributed by atoms with Crippen molar-refractivity contribution in [2.24, 2.45) is 5.73 Å². The van der Waals surface area contributed by atoms with E-state index >= 15 is 0 Å². The smallest absolute Gasteiger partial charge is 0.315 e. The van der Waals surface area contributed by atoms with Gasteiger partial charge in [0, 0.05) is 28.5 Å². The van der Waals surface area contributed by atoms with E-state index in [0.29, 0.717) is 12.1 Å². The second kappa shape index (κ2) is 10.8. The fraction of sp³-hybridized carbons (Fsp3) is 0.292. The predicted molar refractivity (Wildman–Crippen MR) is 123 cm³/mol. The Morgan fingerprint density at radius 3 is 2.42 bits per heavy atom. The van der Waals surface area contributed by atoms with Crippen LogP contribution in [-0.2, 0) is 14.3 Å². The van der Waals surface area contributed by atoms with Crippen LogP contribution in [0.5, 0.6) is 0 Å². The van der Waals surface area contributed by atoms with E-state index < -0.39 is 5.97 Å². The molecule has 2 aromatic carbocycles. The Morgan fingerprint density at radius 1 is 1.19 bits per heavy atom. The highest BCUT2D eigenvalue weighted by atomic mass is 16.5. The zero-order valence-electron chi connectivity index (χ0n) is 18.3. The van der Waals surface area contributed by atoms with Gasteiger partial charge < -0.3 is 20.7 Å². The number of nitrogens with zero attached hydrogens (tertiary/aromatic N) is 1. The summed E-state index contributed by atoms with van der Waals surface area (Å²) < 4.78 is 4.61. The van der Waals surface area contributed by atoms with Crippen LogP contribution >= 0.6 is 0 Å². The van der Waals surface area contributed by atoms with Crippen molar-refractivity contribution >= 4 is 29.1 Å². The molecule has 0 unspecified atom stereocenters. The topological polar surface area (TPSA) is 109 Å². The summed E-state index contributed by atoms with van der Waals surface area (Å²) >= 11 is 0. The molecule has 31 heavy (non-hydrogen) atoms. The van der Waals surface area contributed by atoms with Gasteiger partial charge in [-0.05, 0) is 68.8 Å². The summed E-state index contributed by atoms with van der Waals surface area (Å²) in [6.07, 6.45) is -0.297. The summed E-state index contributed by atoms with van der Waals surface area (Å²) in [6, 6.07) is 12.8. The fourth-order valence-electron chi connectivity index (χ4n) is 3.04. The quantitative estimate of drug-likeness (QED) is 0.210. The number of hydrogen-bond donors (Lipinski definition) is 3. The Kier molecular flexibility index (Phi) is 8.21. The monoisotopic (exact) mass is 420 g/mol. The molecule has 0 heterocycles. The average molecular weight is 421 g/mol. The number of aryl methyl sites for hydroxylation is 1. The van der Waals surface area contributed by atoms with Crippen molar-refractivity contribution in [3.63, 3.8) is 0 Å². The normalized spacial score (nSPS) is 10.1. The number of carbonyl (C=O) groups excluding carboxylic acids is 2. The van der Waals surface area contributed by atoms with Gasteiger partial charge in [-0.15, -0.1) is 0 Å². The zero-order valence-corrected chi connectivity index (χ0v) is 18.3. The molecule has 2 aromatic rings. The maximum Gasteiger partial charge on any atom is 0.315 e. The minimum absolute atomic E-state index is 0.0354. The molecule has 7 nitrogen and oxygen atoms in total. The van der Waals surface area contributed by atoms with E-state index in [2.05, 4.69) is 21.9 Å². The number of anilines is 2. The third kappa shape index (κ3) is 6.61. The molecule has 0 radical (unpaired) electrons. The number of rotatable bonds is 7. The van der Waals surface area contributed by atoms with E-state index in [-0.39, 0.29) is 24.2 Å². The van der Waals surface area contributed by atoms with Crippen LogP contribution in [0.1, 0.15) is 37.0 Å². The van der Waals surface area contributed by atoms with Gasteiger partial charge in [0.1, 0.15) is 12.3 Å². The van der Waals surface area contributed by atoms with Crippen LogP contribution in [0.15, 0.2) is 42.5 Å². The summed E-state index contributed by atoms with van der Waals surface area (Å²) in [7, 11) is 1.27. The molecule has 0 atom stereocenters. The Labute approximate surface area is 183 Å². The van der Waals surface area contributed by atoms with E-state index in [1.54, 1.807) is 17.0 Å². The molecule has 0 fully saturated rings. The van der Waals surface area contributed by atoms with Crippen molar-refractivity contribution in [1.29, 1.82) is 5.41 Å². The van der Waals surface area contributed by atoms with Gasteiger partial charge in [-0.3, -0.25) is 15.0 Å². The number of carbonyl (C=O) groups is 2. The first-order valence-electron chi connectivity index (χ1n) is 9.89. The Morgan fingerprint density at radius 2 is 1.87 bits per heavy atom. The van der Waals surface area contributed by atoms with Crippen molar-refractivity contribution in [3.8, 4) is 11.8 Å². The highest BCUT2D eigenvalue weighted by Crippen LogP contribution is 2.24. The minimum Gasteiger partial charge on any atom is -0.469 e. The molecule has 0 saturated heterocycles. The molecule has 0 aliphatic heterocycles. The van der Waals surface area contributed by atoms with E-state index in [9.17, 15) is 9.59 Å².